The Morgan fingerprint density at radius 3 is 2.31 bits per heavy atom. The molecular formula is C20H18Cl2N2O5. The largest absolute Gasteiger partial charge is 0.457 e. The first kappa shape index (κ1) is 22.4. The lowest BCUT2D eigenvalue weighted by Gasteiger charge is -2.08. The summed E-state index contributed by atoms with van der Waals surface area (Å²) in [6.45, 7) is -0.459. The number of rotatable bonds is 8. The summed E-state index contributed by atoms with van der Waals surface area (Å²) in [7, 11) is 0. The Morgan fingerprint density at radius 2 is 1.62 bits per heavy atom. The summed E-state index contributed by atoms with van der Waals surface area (Å²) in [5.41, 5.74) is 5.16. The molecule has 2 amide bonds. The van der Waals surface area contributed by atoms with E-state index < -0.39 is 30.2 Å². The van der Waals surface area contributed by atoms with Gasteiger partial charge in [0.2, 0.25) is 11.7 Å². The maximum Gasteiger partial charge on any atom is 0.306 e. The van der Waals surface area contributed by atoms with Crippen LogP contribution in [0.3, 0.4) is 0 Å². The van der Waals surface area contributed by atoms with Crippen LogP contribution in [0.5, 0.6) is 0 Å². The third-order valence-corrected chi connectivity index (χ3v) is 4.28. The first-order valence-electron chi connectivity index (χ1n) is 8.65. The van der Waals surface area contributed by atoms with E-state index in [9.17, 15) is 19.2 Å². The number of benzene rings is 2. The highest BCUT2D eigenvalue weighted by atomic mass is 35.5. The monoisotopic (exact) mass is 436 g/mol. The summed E-state index contributed by atoms with van der Waals surface area (Å²) >= 11 is 11.7. The molecule has 0 bridgehead atoms. The Labute approximate surface area is 177 Å². The molecule has 0 aliphatic rings. The number of carbonyl (C=O) groups is 4. The van der Waals surface area contributed by atoms with Crippen LogP contribution in [0.25, 0.3) is 0 Å². The highest BCUT2D eigenvalue weighted by Gasteiger charge is 2.14. The number of hydrogen-bond donors (Lipinski definition) is 2. The molecule has 2 aromatic rings. The lowest BCUT2D eigenvalue weighted by atomic mass is 10.1. The molecule has 0 aromatic heterocycles. The zero-order valence-electron chi connectivity index (χ0n) is 15.2. The highest BCUT2D eigenvalue weighted by molar-refractivity contribution is 6.36. The van der Waals surface area contributed by atoms with Gasteiger partial charge < -0.3 is 4.74 Å². The number of ketones is 1. The third-order valence-electron chi connectivity index (χ3n) is 3.73. The summed E-state index contributed by atoms with van der Waals surface area (Å²) in [5.74, 6) is -1.98. The molecule has 152 valence electrons. The van der Waals surface area contributed by atoms with Crippen molar-refractivity contribution >= 4 is 46.8 Å². The third kappa shape index (κ3) is 7.56. The SMILES string of the molecule is O=C(CCCC(=O)OCC(=O)c1ccc(Cl)cc1Cl)NNC(=O)c1ccccc1. The number of hydrogen-bond acceptors (Lipinski definition) is 5. The zero-order valence-corrected chi connectivity index (χ0v) is 16.8. The summed E-state index contributed by atoms with van der Waals surface area (Å²) < 4.78 is 4.90. The molecule has 0 spiro atoms. The van der Waals surface area contributed by atoms with Crippen molar-refractivity contribution in [3.05, 3.63) is 69.7 Å². The summed E-state index contributed by atoms with van der Waals surface area (Å²) in [5, 5.41) is 0.564. The molecule has 0 atom stereocenters. The topological polar surface area (TPSA) is 102 Å². The van der Waals surface area contributed by atoms with E-state index in [1.54, 1.807) is 30.3 Å². The van der Waals surface area contributed by atoms with Crippen LogP contribution < -0.4 is 10.9 Å². The maximum atomic E-state index is 12.0. The fourth-order valence-corrected chi connectivity index (χ4v) is 2.77. The number of carbonyl (C=O) groups excluding carboxylic acids is 4. The average Bonchev–Trinajstić information content (AvgIpc) is 2.71. The number of amides is 2. The second-order valence-corrected chi connectivity index (χ2v) is 6.77. The molecule has 29 heavy (non-hydrogen) atoms. The van der Waals surface area contributed by atoms with Crippen molar-refractivity contribution in [3.63, 3.8) is 0 Å². The van der Waals surface area contributed by atoms with E-state index in [0.717, 1.165) is 0 Å². The van der Waals surface area contributed by atoms with Crippen LogP contribution in [-0.2, 0) is 14.3 Å². The van der Waals surface area contributed by atoms with Gasteiger partial charge in [-0.25, -0.2) is 0 Å². The van der Waals surface area contributed by atoms with Gasteiger partial charge in [0.15, 0.2) is 6.61 Å². The van der Waals surface area contributed by atoms with Gasteiger partial charge in [0, 0.05) is 29.0 Å². The Bertz CT molecular complexity index is 903. The Kier molecular flexibility index (Phi) is 8.64. The molecule has 0 saturated carbocycles. The number of nitrogens with one attached hydrogen (secondary N) is 2. The zero-order chi connectivity index (χ0) is 21.2. The van der Waals surface area contributed by atoms with Crippen molar-refractivity contribution in [2.24, 2.45) is 0 Å². The number of ether oxygens (including phenoxy) is 1. The standard InChI is InChI=1S/C20H18Cl2N2O5/c21-14-9-10-15(16(22)11-14)17(25)12-29-19(27)8-4-7-18(26)23-24-20(28)13-5-2-1-3-6-13/h1-3,5-6,9-11H,4,7-8,12H2,(H,23,26)(H,24,28). The van der Waals surface area contributed by atoms with Gasteiger partial charge in [-0.3, -0.25) is 30.0 Å². The van der Waals surface area contributed by atoms with Crippen LogP contribution in [0.4, 0.5) is 0 Å². The van der Waals surface area contributed by atoms with Crippen LogP contribution in [-0.4, -0.2) is 30.2 Å². The minimum atomic E-state index is -0.621. The second kappa shape index (κ2) is 11.2. The molecule has 0 aliphatic carbocycles. The predicted molar refractivity (Wildman–Crippen MR) is 108 cm³/mol. The second-order valence-electron chi connectivity index (χ2n) is 5.93. The number of halogens is 2. The summed E-state index contributed by atoms with van der Waals surface area (Å²) in [6, 6.07) is 12.8. The minimum Gasteiger partial charge on any atom is -0.457 e. The number of esters is 1. The van der Waals surface area contributed by atoms with Crippen LogP contribution in [0, 0.1) is 0 Å². The Morgan fingerprint density at radius 1 is 0.897 bits per heavy atom. The van der Waals surface area contributed by atoms with E-state index >= 15 is 0 Å². The van der Waals surface area contributed by atoms with Crippen LogP contribution in [0.1, 0.15) is 40.0 Å². The van der Waals surface area contributed by atoms with E-state index in [2.05, 4.69) is 10.9 Å². The van der Waals surface area contributed by atoms with Gasteiger partial charge in [0.1, 0.15) is 0 Å². The van der Waals surface area contributed by atoms with Crippen molar-refractivity contribution in [2.45, 2.75) is 19.3 Å². The van der Waals surface area contributed by atoms with Crippen molar-refractivity contribution in [1.82, 2.24) is 10.9 Å². The molecule has 2 aromatic carbocycles. The average molecular weight is 437 g/mol. The Hall–Kier alpha value is -2.90. The van der Waals surface area contributed by atoms with Crippen molar-refractivity contribution in [3.8, 4) is 0 Å². The fraction of sp³-hybridized carbons (Fsp3) is 0.200. The fourth-order valence-electron chi connectivity index (χ4n) is 2.26. The van der Waals surface area contributed by atoms with E-state index in [0.29, 0.717) is 10.6 Å². The highest BCUT2D eigenvalue weighted by Crippen LogP contribution is 2.21. The van der Waals surface area contributed by atoms with Gasteiger partial charge in [0.25, 0.3) is 5.91 Å². The van der Waals surface area contributed by atoms with Gasteiger partial charge in [-0.05, 0) is 36.8 Å². The number of hydrazine groups is 1. The maximum absolute atomic E-state index is 12.0. The normalized spacial score (nSPS) is 10.1. The number of Topliss-reactive ketones (excluding diaryl/α,β-unsaturated/α-hetero) is 1. The summed E-state index contributed by atoms with van der Waals surface area (Å²) in [4.78, 5) is 47.3. The van der Waals surface area contributed by atoms with Crippen LogP contribution in [0.15, 0.2) is 48.5 Å². The molecule has 0 fully saturated rings. The smallest absolute Gasteiger partial charge is 0.306 e. The molecule has 0 unspecified atom stereocenters. The lowest BCUT2D eigenvalue weighted by Crippen LogP contribution is -2.41. The Balaban J connectivity index is 1.64. The molecule has 2 N–H and O–H groups in total. The first-order valence-corrected chi connectivity index (χ1v) is 9.40. The van der Waals surface area contributed by atoms with Gasteiger partial charge in [-0.1, -0.05) is 41.4 Å². The van der Waals surface area contributed by atoms with Crippen LogP contribution >= 0.6 is 23.2 Å². The van der Waals surface area contributed by atoms with Gasteiger partial charge in [0.05, 0.1) is 5.02 Å². The molecular weight excluding hydrogens is 419 g/mol. The van der Waals surface area contributed by atoms with E-state index in [1.165, 1.54) is 18.2 Å². The molecule has 0 aliphatic heterocycles. The molecule has 7 nitrogen and oxygen atoms in total. The van der Waals surface area contributed by atoms with E-state index in [-0.39, 0.29) is 29.8 Å². The van der Waals surface area contributed by atoms with Crippen LogP contribution in [0.2, 0.25) is 10.0 Å². The van der Waals surface area contributed by atoms with E-state index in [1.807, 2.05) is 0 Å². The van der Waals surface area contributed by atoms with Crippen molar-refractivity contribution in [1.29, 1.82) is 0 Å². The van der Waals surface area contributed by atoms with Gasteiger partial charge in [-0.15, -0.1) is 0 Å². The van der Waals surface area contributed by atoms with Crippen molar-refractivity contribution < 1.29 is 23.9 Å². The molecule has 0 radical (unpaired) electrons. The van der Waals surface area contributed by atoms with E-state index in [4.69, 9.17) is 27.9 Å². The molecule has 2 rings (SSSR count). The first-order chi connectivity index (χ1) is 13.9. The van der Waals surface area contributed by atoms with Gasteiger partial charge >= 0.3 is 5.97 Å². The van der Waals surface area contributed by atoms with Gasteiger partial charge in [-0.2, -0.15) is 0 Å². The lowest BCUT2D eigenvalue weighted by molar-refractivity contribution is -0.142. The quantitative estimate of drug-likeness (QED) is 0.375. The molecule has 0 heterocycles. The predicted octanol–water partition coefficient (Wildman–Crippen LogP) is 3.35. The molecule has 0 saturated heterocycles. The minimum absolute atomic E-state index is 0.00112. The summed E-state index contributed by atoms with van der Waals surface area (Å²) in [6.07, 6.45) is 0.143. The van der Waals surface area contributed by atoms with Crippen molar-refractivity contribution in [2.75, 3.05) is 6.61 Å². The molecule has 9 heteroatoms.